The molecule has 0 fully saturated rings. The minimum absolute atomic E-state index is 0.0929. The van der Waals surface area contributed by atoms with Gasteiger partial charge in [0, 0.05) is 27.1 Å². The fourth-order valence-corrected chi connectivity index (χ4v) is 7.85. The fourth-order valence-electron chi connectivity index (χ4n) is 6.58. The Kier molecular flexibility index (Phi) is 5.74. The molecule has 0 amide bonds. The highest BCUT2D eigenvalue weighted by Gasteiger charge is 2.39. The predicted molar refractivity (Wildman–Crippen MR) is 172 cm³/mol. The molecule has 5 aromatic rings. The Morgan fingerprint density at radius 2 is 1.50 bits per heavy atom. The van der Waals surface area contributed by atoms with E-state index < -0.39 is 0 Å². The first-order valence-electron chi connectivity index (χ1n) is 14.0. The number of allylic oxidation sites excluding steroid dienone is 1. The molecule has 0 saturated heterocycles. The zero-order chi connectivity index (χ0) is 29.2. The Morgan fingerprint density at radius 3 is 2.26 bits per heavy atom. The Labute approximate surface area is 250 Å². The largest absolute Gasteiger partial charge is 0.309 e. The van der Waals surface area contributed by atoms with Crippen molar-refractivity contribution >= 4 is 34.5 Å². The van der Waals surface area contributed by atoms with Crippen LogP contribution in [0.2, 0.25) is 0 Å². The number of hydrogen-bond donors (Lipinski definition) is 0. The van der Waals surface area contributed by atoms with Crippen LogP contribution in [0.4, 0.5) is 17.1 Å². The van der Waals surface area contributed by atoms with Crippen molar-refractivity contribution in [2.24, 2.45) is 0 Å². The highest BCUT2D eigenvalue weighted by atomic mass is 32.1. The molecule has 42 heavy (non-hydrogen) atoms. The number of thiophene rings is 1. The summed E-state index contributed by atoms with van der Waals surface area (Å²) in [7, 11) is 0. The second-order valence-corrected chi connectivity index (χ2v) is 13.0. The number of rotatable bonds is 4. The molecule has 2 aromatic heterocycles. The van der Waals surface area contributed by atoms with Crippen molar-refractivity contribution in [2.75, 3.05) is 4.90 Å². The van der Waals surface area contributed by atoms with Crippen LogP contribution in [0.5, 0.6) is 0 Å². The lowest BCUT2D eigenvalue weighted by Gasteiger charge is -2.29. The van der Waals surface area contributed by atoms with E-state index in [0.29, 0.717) is 0 Å². The minimum atomic E-state index is -0.273. The van der Waals surface area contributed by atoms with Gasteiger partial charge in [-0.1, -0.05) is 76.2 Å². The third-order valence-corrected chi connectivity index (χ3v) is 9.89. The molecule has 0 aliphatic heterocycles. The Bertz CT molecular complexity index is 2000. The summed E-state index contributed by atoms with van der Waals surface area (Å²) in [5.74, 6) is 0. The third-order valence-electron chi connectivity index (χ3n) is 8.80. The molecule has 7 rings (SSSR count). The molecule has 0 saturated carbocycles. The van der Waals surface area contributed by atoms with Gasteiger partial charge in [-0.05, 0) is 75.9 Å². The summed E-state index contributed by atoms with van der Waals surface area (Å²) in [6.45, 7) is 16.3. The highest BCUT2D eigenvalue weighted by molar-refractivity contribution is 7.16. The van der Waals surface area contributed by atoms with Crippen LogP contribution < -0.4 is 4.90 Å². The van der Waals surface area contributed by atoms with E-state index in [0.717, 1.165) is 32.5 Å². The molecule has 0 radical (unpaired) electrons. The number of pyridine rings is 1. The molecular weight excluding hydrogens is 533 g/mol. The standard InChI is InChI=1S/C37H28N4S/c1-36(2)30-14-10-9-13-28(30)29-16-15-25(18-31(29)36)41(24-11-7-6-8-12-24)26-19-32-34(40-22-26)35-33(37(32,3)4)20-27(42-35)17-23(21-38)39-5/h6-20,22H,1-4H3/b23-17-. The number of hydrogen-bond acceptors (Lipinski definition) is 4. The molecule has 0 bridgehead atoms. The van der Waals surface area contributed by atoms with Gasteiger partial charge in [-0.15, -0.1) is 11.3 Å². The molecule has 0 unspecified atom stereocenters. The second-order valence-electron chi connectivity index (χ2n) is 11.9. The lowest BCUT2D eigenvalue weighted by molar-refractivity contribution is 0.660. The van der Waals surface area contributed by atoms with Crippen LogP contribution in [-0.4, -0.2) is 4.98 Å². The molecule has 2 aliphatic rings. The van der Waals surface area contributed by atoms with E-state index in [4.69, 9.17) is 11.6 Å². The van der Waals surface area contributed by atoms with Crippen molar-refractivity contribution < 1.29 is 0 Å². The summed E-state index contributed by atoms with van der Waals surface area (Å²) in [5, 5.41) is 9.25. The average molecular weight is 561 g/mol. The van der Waals surface area contributed by atoms with Gasteiger partial charge in [0.05, 0.1) is 35.1 Å². The van der Waals surface area contributed by atoms with E-state index in [9.17, 15) is 5.26 Å². The van der Waals surface area contributed by atoms with Crippen LogP contribution in [0.25, 0.3) is 32.6 Å². The topological polar surface area (TPSA) is 44.3 Å². The van der Waals surface area contributed by atoms with Gasteiger partial charge in [0.25, 0.3) is 5.70 Å². The lowest BCUT2D eigenvalue weighted by Crippen LogP contribution is -2.18. The van der Waals surface area contributed by atoms with E-state index in [1.807, 2.05) is 18.3 Å². The zero-order valence-corrected chi connectivity index (χ0v) is 24.8. The van der Waals surface area contributed by atoms with Gasteiger partial charge in [-0.2, -0.15) is 0 Å². The van der Waals surface area contributed by atoms with Gasteiger partial charge in [-0.25, -0.2) is 10.1 Å². The Morgan fingerprint density at radius 1 is 0.810 bits per heavy atom. The van der Waals surface area contributed by atoms with Crippen LogP contribution in [0.15, 0.2) is 96.8 Å². The van der Waals surface area contributed by atoms with Crippen molar-refractivity contribution in [2.45, 2.75) is 38.5 Å². The number of fused-ring (bicyclic) bond motifs is 6. The predicted octanol–water partition coefficient (Wildman–Crippen LogP) is 10.0. The van der Waals surface area contributed by atoms with Gasteiger partial charge >= 0.3 is 0 Å². The van der Waals surface area contributed by atoms with Crippen LogP contribution in [0, 0.1) is 17.9 Å². The molecule has 4 nitrogen and oxygen atoms in total. The van der Waals surface area contributed by atoms with Gasteiger partial charge < -0.3 is 4.90 Å². The molecule has 202 valence electrons. The molecular formula is C37H28N4S. The first-order chi connectivity index (χ1) is 20.2. The first-order valence-corrected chi connectivity index (χ1v) is 14.8. The quantitative estimate of drug-likeness (QED) is 0.162. The summed E-state index contributed by atoms with van der Waals surface area (Å²) in [5.41, 5.74) is 11.6. The van der Waals surface area contributed by atoms with E-state index in [1.165, 1.54) is 33.4 Å². The fraction of sp³-hybridized carbons (Fsp3) is 0.162. The molecule has 0 atom stereocenters. The Hall–Kier alpha value is -4.97. The van der Waals surface area contributed by atoms with Gasteiger partial charge in [0.2, 0.25) is 0 Å². The van der Waals surface area contributed by atoms with Crippen LogP contribution in [0.3, 0.4) is 0 Å². The van der Waals surface area contributed by atoms with Crippen LogP contribution >= 0.6 is 11.3 Å². The van der Waals surface area contributed by atoms with Crippen LogP contribution in [-0.2, 0) is 10.8 Å². The number of para-hydroxylation sites is 1. The van der Waals surface area contributed by atoms with Gasteiger partial charge in [0.15, 0.2) is 0 Å². The average Bonchev–Trinajstić information content (AvgIpc) is 3.60. The zero-order valence-electron chi connectivity index (χ0n) is 23.9. The summed E-state index contributed by atoms with van der Waals surface area (Å²) >= 11 is 1.59. The van der Waals surface area contributed by atoms with Crippen molar-refractivity contribution in [1.29, 1.82) is 5.26 Å². The summed E-state index contributed by atoms with van der Waals surface area (Å²) < 4.78 is 0. The Balaban J connectivity index is 1.36. The van der Waals surface area contributed by atoms with Crippen molar-refractivity contribution in [3.05, 3.63) is 135 Å². The van der Waals surface area contributed by atoms with Gasteiger partial charge in [-0.3, -0.25) is 4.98 Å². The van der Waals surface area contributed by atoms with Crippen molar-refractivity contribution in [3.8, 4) is 27.8 Å². The summed E-state index contributed by atoms with van der Waals surface area (Å²) in [4.78, 5) is 12.7. The molecule has 0 spiro atoms. The number of anilines is 3. The monoisotopic (exact) mass is 560 g/mol. The molecule has 2 heterocycles. The third kappa shape index (κ3) is 3.75. The number of nitrogens with zero attached hydrogens (tertiary/aromatic N) is 4. The molecule has 5 heteroatoms. The minimum Gasteiger partial charge on any atom is -0.309 e. The summed E-state index contributed by atoms with van der Waals surface area (Å²) in [6, 6.07) is 32.4. The second kappa shape index (κ2) is 9.28. The lowest BCUT2D eigenvalue weighted by atomic mass is 9.82. The van der Waals surface area contributed by atoms with E-state index in [-0.39, 0.29) is 16.5 Å². The number of aromatic nitrogens is 1. The van der Waals surface area contributed by atoms with E-state index >= 15 is 0 Å². The maximum absolute atomic E-state index is 9.25. The van der Waals surface area contributed by atoms with E-state index in [2.05, 4.69) is 116 Å². The van der Waals surface area contributed by atoms with E-state index in [1.54, 1.807) is 17.4 Å². The van der Waals surface area contributed by atoms with Crippen molar-refractivity contribution in [1.82, 2.24) is 4.98 Å². The highest BCUT2D eigenvalue weighted by Crippen LogP contribution is 2.54. The number of nitriles is 1. The maximum atomic E-state index is 9.25. The number of benzene rings is 3. The van der Waals surface area contributed by atoms with Crippen molar-refractivity contribution in [3.63, 3.8) is 0 Å². The first kappa shape index (κ1) is 26.0. The van der Waals surface area contributed by atoms with Gasteiger partial charge in [0.1, 0.15) is 0 Å². The van der Waals surface area contributed by atoms with Crippen LogP contribution in [0.1, 0.15) is 54.8 Å². The molecule has 3 aromatic carbocycles. The smallest absolute Gasteiger partial charge is 0.263 e. The summed E-state index contributed by atoms with van der Waals surface area (Å²) in [6.07, 6.45) is 3.64. The molecule has 2 aliphatic carbocycles. The normalized spacial score (nSPS) is 15.1. The SMILES string of the molecule is [C-]#[N+]/C(C#N)=C\c1cc2c(s1)-c1ncc(N(c3ccccc3)c3ccc4c(c3)C(C)(C)c3ccccc3-4)cc1C2(C)C. The molecule has 0 N–H and O–H groups in total. The maximum Gasteiger partial charge on any atom is 0.263 e.